The predicted molar refractivity (Wildman–Crippen MR) is 60.6 cm³/mol. The number of nitrogens with two attached hydrogens (primary N) is 1. The molecule has 0 aliphatic heterocycles. The van der Waals surface area contributed by atoms with Crippen LogP contribution >= 0.6 is 11.8 Å². The van der Waals surface area contributed by atoms with Gasteiger partial charge < -0.3 is 26.7 Å². The van der Waals surface area contributed by atoms with E-state index in [-0.39, 0.29) is 12.6 Å². The van der Waals surface area contributed by atoms with Crippen LogP contribution in [0.25, 0.3) is 0 Å². The fourth-order valence-corrected chi connectivity index (χ4v) is 1.85. The summed E-state index contributed by atoms with van der Waals surface area (Å²) in [6, 6.07) is -0.991. The van der Waals surface area contributed by atoms with Crippen molar-refractivity contribution in [2.75, 3.05) is 24.7 Å². The monoisotopic (exact) mass is 235 g/mol. The summed E-state index contributed by atoms with van der Waals surface area (Å²) in [5.41, 5.74) is 5.30. The van der Waals surface area contributed by atoms with E-state index in [0.29, 0.717) is 18.1 Å². The van der Waals surface area contributed by atoms with Crippen LogP contribution in [0.2, 0.25) is 0 Å². The average Bonchev–Trinajstić information content (AvgIpc) is 2.22. The van der Waals surface area contributed by atoms with Crippen molar-refractivity contribution in [1.29, 1.82) is 5.41 Å². The lowest BCUT2D eigenvalue weighted by atomic mass is 10.3. The summed E-state index contributed by atoms with van der Waals surface area (Å²) in [6.07, 6.45) is 1.20. The van der Waals surface area contributed by atoms with Gasteiger partial charge in [0.2, 0.25) is 0 Å². The van der Waals surface area contributed by atoms with Crippen LogP contribution in [0.3, 0.4) is 0 Å². The van der Waals surface area contributed by atoms with E-state index in [1.54, 1.807) is 0 Å². The minimum atomic E-state index is -1.02. The second kappa shape index (κ2) is 8.66. The fraction of sp³-hybridized carbons (Fsp3) is 0.750. The number of hydrogen-bond donors (Lipinski definition) is 5. The lowest BCUT2D eigenvalue weighted by Gasteiger charge is -2.14. The van der Waals surface area contributed by atoms with Crippen LogP contribution < -0.4 is 11.1 Å². The summed E-state index contributed by atoms with van der Waals surface area (Å²) in [4.78, 5) is 10.4. The minimum Gasteiger partial charge on any atom is -0.480 e. The summed E-state index contributed by atoms with van der Waals surface area (Å²) in [5.74, 6) is -0.126. The molecular weight excluding hydrogens is 218 g/mol. The summed E-state index contributed by atoms with van der Waals surface area (Å²) >= 11 is 1.37. The molecule has 15 heavy (non-hydrogen) atoms. The van der Waals surface area contributed by atoms with E-state index in [2.05, 4.69) is 5.32 Å². The Labute approximate surface area is 92.7 Å². The van der Waals surface area contributed by atoms with Gasteiger partial charge in [0.1, 0.15) is 6.04 Å². The van der Waals surface area contributed by atoms with Gasteiger partial charge in [-0.25, -0.2) is 0 Å². The Morgan fingerprint density at radius 2 is 2.27 bits per heavy atom. The summed E-state index contributed by atoms with van der Waals surface area (Å²) in [5, 5.41) is 27.2. The Bertz CT molecular complexity index is 204. The Balaban J connectivity index is 3.62. The zero-order valence-electron chi connectivity index (χ0n) is 8.35. The molecule has 0 heterocycles. The van der Waals surface area contributed by atoms with Crippen LogP contribution in [0.5, 0.6) is 0 Å². The van der Waals surface area contributed by atoms with Crippen molar-refractivity contribution in [3.05, 3.63) is 0 Å². The lowest BCUT2D eigenvalue weighted by molar-refractivity contribution is -0.137. The zero-order chi connectivity index (χ0) is 11.7. The molecule has 0 saturated carbocycles. The molecule has 88 valence electrons. The Kier molecular flexibility index (Phi) is 8.30. The number of aliphatic hydroxyl groups excluding tert-OH is 1. The van der Waals surface area contributed by atoms with Crippen molar-refractivity contribution in [3.8, 4) is 0 Å². The lowest BCUT2D eigenvalue weighted by Crippen LogP contribution is -2.37. The first-order valence-corrected chi connectivity index (χ1v) is 5.66. The molecule has 0 aromatic rings. The Hall–Kier alpha value is -0.630. The number of rotatable bonds is 9. The van der Waals surface area contributed by atoms with Crippen molar-refractivity contribution in [1.82, 2.24) is 5.32 Å². The fourth-order valence-electron chi connectivity index (χ4n) is 0.810. The molecular formula is C8H17N3O3S. The summed E-state index contributed by atoms with van der Waals surface area (Å²) < 4.78 is 0. The van der Waals surface area contributed by atoms with Crippen molar-refractivity contribution < 1.29 is 15.0 Å². The van der Waals surface area contributed by atoms with Crippen LogP contribution in [-0.4, -0.2) is 59.1 Å². The largest absolute Gasteiger partial charge is 0.480 e. The SMILES string of the molecule is N=CCNC(CO)CSC[C@H](N)C(=O)O. The number of thioether (sulfide) groups is 1. The maximum atomic E-state index is 10.4. The highest BCUT2D eigenvalue weighted by Gasteiger charge is 2.12. The highest BCUT2D eigenvalue weighted by molar-refractivity contribution is 7.99. The first kappa shape index (κ1) is 14.4. The topological polar surface area (TPSA) is 119 Å². The number of aliphatic carboxylic acids is 1. The molecule has 0 spiro atoms. The first-order chi connectivity index (χ1) is 7.11. The van der Waals surface area contributed by atoms with Gasteiger partial charge in [0.25, 0.3) is 0 Å². The zero-order valence-corrected chi connectivity index (χ0v) is 9.17. The third kappa shape index (κ3) is 7.32. The highest BCUT2D eigenvalue weighted by Crippen LogP contribution is 2.04. The van der Waals surface area contributed by atoms with Gasteiger partial charge in [-0.2, -0.15) is 11.8 Å². The van der Waals surface area contributed by atoms with E-state index < -0.39 is 12.0 Å². The average molecular weight is 235 g/mol. The van der Waals surface area contributed by atoms with E-state index in [0.717, 1.165) is 0 Å². The van der Waals surface area contributed by atoms with Gasteiger partial charge in [0, 0.05) is 30.3 Å². The van der Waals surface area contributed by atoms with E-state index >= 15 is 0 Å². The maximum absolute atomic E-state index is 10.4. The number of aliphatic hydroxyl groups is 1. The van der Waals surface area contributed by atoms with Gasteiger partial charge in [0.15, 0.2) is 0 Å². The smallest absolute Gasteiger partial charge is 0.321 e. The van der Waals surface area contributed by atoms with Crippen LogP contribution in [0.15, 0.2) is 0 Å². The maximum Gasteiger partial charge on any atom is 0.321 e. The van der Waals surface area contributed by atoms with Crippen molar-refractivity contribution in [3.63, 3.8) is 0 Å². The van der Waals surface area contributed by atoms with Crippen LogP contribution in [0, 0.1) is 5.41 Å². The molecule has 6 nitrogen and oxygen atoms in total. The molecule has 0 aromatic carbocycles. The Morgan fingerprint density at radius 3 is 2.73 bits per heavy atom. The van der Waals surface area contributed by atoms with E-state index in [4.69, 9.17) is 21.4 Å². The molecule has 0 aliphatic rings. The van der Waals surface area contributed by atoms with Crippen molar-refractivity contribution in [2.45, 2.75) is 12.1 Å². The third-order valence-corrected chi connectivity index (χ3v) is 2.90. The van der Waals surface area contributed by atoms with Crippen LogP contribution in [0.4, 0.5) is 0 Å². The Morgan fingerprint density at radius 1 is 1.60 bits per heavy atom. The van der Waals surface area contributed by atoms with Gasteiger partial charge >= 0.3 is 5.97 Å². The number of nitrogens with one attached hydrogen (secondary N) is 2. The molecule has 0 fully saturated rings. The molecule has 0 aromatic heterocycles. The van der Waals surface area contributed by atoms with Gasteiger partial charge in [-0.3, -0.25) is 4.79 Å². The third-order valence-electron chi connectivity index (χ3n) is 1.66. The van der Waals surface area contributed by atoms with Crippen molar-refractivity contribution >= 4 is 23.9 Å². The van der Waals surface area contributed by atoms with E-state index in [1.165, 1.54) is 18.0 Å². The molecule has 0 radical (unpaired) electrons. The van der Waals surface area contributed by atoms with Crippen molar-refractivity contribution in [2.24, 2.45) is 5.73 Å². The van der Waals surface area contributed by atoms with Gasteiger partial charge in [-0.1, -0.05) is 0 Å². The minimum absolute atomic E-state index is 0.0385. The molecule has 0 saturated heterocycles. The molecule has 6 N–H and O–H groups in total. The van der Waals surface area contributed by atoms with Gasteiger partial charge in [0.05, 0.1) is 6.61 Å². The number of carboxylic acid groups (broad SMARTS) is 1. The van der Waals surface area contributed by atoms with Crippen LogP contribution in [-0.2, 0) is 4.79 Å². The molecule has 1 unspecified atom stereocenters. The number of carboxylic acids is 1. The molecule has 0 amide bonds. The van der Waals surface area contributed by atoms with Crippen LogP contribution in [0.1, 0.15) is 0 Å². The summed E-state index contributed by atoms with van der Waals surface area (Å²) in [7, 11) is 0. The van der Waals surface area contributed by atoms with E-state index in [9.17, 15) is 4.79 Å². The molecule has 0 bridgehead atoms. The normalized spacial score (nSPS) is 14.5. The first-order valence-electron chi connectivity index (χ1n) is 4.51. The molecule has 2 atom stereocenters. The number of carbonyl (C=O) groups is 1. The molecule has 0 aliphatic carbocycles. The quantitative estimate of drug-likeness (QED) is 0.318. The predicted octanol–water partition coefficient (Wildman–Crippen LogP) is -1.27. The van der Waals surface area contributed by atoms with E-state index in [1.807, 2.05) is 0 Å². The summed E-state index contributed by atoms with van der Waals surface area (Å²) in [6.45, 7) is 0.361. The second-order valence-electron chi connectivity index (χ2n) is 2.97. The van der Waals surface area contributed by atoms with Gasteiger partial charge in [-0.05, 0) is 0 Å². The van der Waals surface area contributed by atoms with Gasteiger partial charge in [-0.15, -0.1) is 0 Å². The highest BCUT2D eigenvalue weighted by atomic mass is 32.2. The second-order valence-corrected chi connectivity index (χ2v) is 4.05. The molecule has 7 heteroatoms. The standard InChI is InChI=1S/C8H17N3O3S/c9-1-2-11-6(3-12)4-15-5-7(10)8(13)14/h1,6-7,9,11-12H,2-5,10H2,(H,13,14)/t6?,7-/m0/s1. The molecule has 0 rings (SSSR count). The number of hydrogen-bond acceptors (Lipinski definition) is 6.